The molecule has 0 aliphatic rings. The Kier molecular flexibility index (Phi) is 4.44. The first kappa shape index (κ1) is 15.7. The van der Waals surface area contributed by atoms with Gasteiger partial charge in [-0.05, 0) is 19.1 Å². The van der Waals surface area contributed by atoms with Crippen molar-refractivity contribution in [2.45, 2.75) is 26.7 Å². The van der Waals surface area contributed by atoms with Crippen LogP contribution in [0.2, 0.25) is 10.0 Å². The quantitative estimate of drug-likeness (QED) is 0.826. The Bertz CT molecular complexity index is 673. The summed E-state index contributed by atoms with van der Waals surface area (Å²) in [4.78, 5) is 12.4. The second-order valence-electron chi connectivity index (χ2n) is 4.97. The summed E-state index contributed by atoms with van der Waals surface area (Å²) in [5.41, 5.74) is 7.35. The highest BCUT2D eigenvalue weighted by atomic mass is 35.5. The van der Waals surface area contributed by atoms with E-state index in [0.717, 1.165) is 0 Å². The molecule has 1 aromatic carbocycles. The predicted molar refractivity (Wildman–Crippen MR) is 84.2 cm³/mol. The number of hydrogen-bond acceptors (Lipinski definition) is 4. The van der Waals surface area contributed by atoms with E-state index in [1.807, 2.05) is 13.8 Å². The summed E-state index contributed by atoms with van der Waals surface area (Å²) < 4.78 is 5.20. The van der Waals surface area contributed by atoms with Crippen molar-refractivity contribution in [1.82, 2.24) is 5.16 Å². The number of nitrogen functional groups attached to an aromatic ring is 1. The third kappa shape index (κ3) is 3.14. The third-order valence-electron chi connectivity index (χ3n) is 2.98. The summed E-state index contributed by atoms with van der Waals surface area (Å²) in [6.07, 6.45) is 0. The fourth-order valence-corrected chi connectivity index (χ4v) is 2.39. The molecule has 3 N–H and O–H groups in total. The molecule has 5 nitrogen and oxygen atoms in total. The average molecular weight is 328 g/mol. The van der Waals surface area contributed by atoms with E-state index in [0.29, 0.717) is 22.7 Å². The van der Waals surface area contributed by atoms with E-state index in [4.69, 9.17) is 33.5 Å². The van der Waals surface area contributed by atoms with Crippen molar-refractivity contribution in [2.24, 2.45) is 0 Å². The van der Waals surface area contributed by atoms with Crippen LogP contribution in [-0.4, -0.2) is 11.1 Å². The zero-order chi connectivity index (χ0) is 15.7. The van der Waals surface area contributed by atoms with Gasteiger partial charge in [-0.2, -0.15) is 0 Å². The summed E-state index contributed by atoms with van der Waals surface area (Å²) in [5, 5.41) is 7.13. The maximum Gasteiger partial charge on any atom is 0.261 e. The molecule has 0 spiro atoms. The minimum absolute atomic E-state index is 0.0468. The first-order valence-electron chi connectivity index (χ1n) is 6.33. The van der Waals surface area contributed by atoms with E-state index in [9.17, 15) is 4.79 Å². The number of hydrogen-bond donors (Lipinski definition) is 2. The maximum absolute atomic E-state index is 12.4. The van der Waals surface area contributed by atoms with Crippen LogP contribution in [0, 0.1) is 6.92 Å². The van der Waals surface area contributed by atoms with Crippen molar-refractivity contribution in [1.29, 1.82) is 0 Å². The number of rotatable bonds is 3. The monoisotopic (exact) mass is 327 g/mol. The van der Waals surface area contributed by atoms with Gasteiger partial charge in [0.1, 0.15) is 5.56 Å². The Morgan fingerprint density at radius 1 is 1.33 bits per heavy atom. The van der Waals surface area contributed by atoms with Crippen molar-refractivity contribution >= 4 is 40.5 Å². The van der Waals surface area contributed by atoms with Crippen molar-refractivity contribution < 1.29 is 9.32 Å². The first-order chi connectivity index (χ1) is 9.81. The largest absolute Gasteiger partial charge is 0.396 e. The van der Waals surface area contributed by atoms with Gasteiger partial charge in [-0.25, -0.2) is 0 Å². The standard InChI is InChI=1S/C14H15Cl2N3O2/c1-6(2)13-11(7(3)19-21-13)14(20)18-8-4-9(15)12(17)10(16)5-8/h4-6H,17H2,1-3H3,(H,18,20). The third-order valence-corrected chi connectivity index (χ3v) is 3.60. The van der Waals surface area contributed by atoms with Crippen molar-refractivity contribution in [3.8, 4) is 0 Å². The first-order valence-corrected chi connectivity index (χ1v) is 7.09. The molecule has 0 saturated heterocycles. The fraction of sp³-hybridized carbons (Fsp3) is 0.286. The zero-order valence-corrected chi connectivity index (χ0v) is 13.3. The van der Waals surface area contributed by atoms with E-state index in [2.05, 4.69) is 10.5 Å². The molecule has 1 heterocycles. The predicted octanol–water partition coefficient (Wildman–Crippen LogP) is 4.25. The summed E-state index contributed by atoms with van der Waals surface area (Å²) in [5.74, 6) is 0.262. The van der Waals surface area contributed by atoms with Gasteiger partial charge >= 0.3 is 0 Å². The topological polar surface area (TPSA) is 81.2 Å². The van der Waals surface area contributed by atoms with E-state index in [1.54, 1.807) is 19.1 Å². The van der Waals surface area contributed by atoms with Crippen LogP contribution in [0.5, 0.6) is 0 Å². The maximum atomic E-state index is 12.4. The molecule has 0 fully saturated rings. The van der Waals surface area contributed by atoms with Gasteiger partial charge in [-0.15, -0.1) is 0 Å². The van der Waals surface area contributed by atoms with Crippen molar-refractivity contribution in [2.75, 3.05) is 11.1 Å². The molecule has 0 saturated carbocycles. The van der Waals surface area contributed by atoms with Crippen LogP contribution in [0.4, 0.5) is 11.4 Å². The number of aryl methyl sites for hydroxylation is 1. The Labute approximate surface area is 132 Å². The lowest BCUT2D eigenvalue weighted by Crippen LogP contribution is -2.15. The number of amides is 1. The lowest BCUT2D eigenvalue weighted by molar-refractivity contribution is 0.102. The molecule has 0 radical (unpaired) electrons. The van der Waals surface area contributed by atoms with E-state index >= 15 is 0 Å². The van der Waals surface area contributed by atoms with E-state index < -0.39 is 0 Å². The summed E-state index contributed by atoms with van der Waals surface area (Å²) in [7, 11) is 0. The van der Waals surface area contributed by atoms with Gasteiger partial charge in [-0.3, -0.25) is 4.79 Å². The summed E-state index contributed by atoms with van der Waals surface area (Å²) >= 11 is 11.9. The van der Waals surface area contributed by atoms with Gasteiger partial charge in [0.05, 0.1) is 21.4 Å². The molecule has 1 aromatic heterocycles. The zero-order valence-electron chi connectivity index (χ0n) is 11.8. The van der Waals surface area contributed by atoms with Crippen LogP contribution in [0.25, 0.3) is 0 Å². The number of nitrogens with zero attached hydrogens (tertiary/aromatic N) is 1. The fourth-order valence-electron chi connectivity index (χ4n) is 1.91. The normalized spacial score (nSPS) is 11.0. The molecule has 2 aromatic rings. The molecule has 0 bridgehead atoms. The van der Waals surface area contributed by atoms with Crippen LogP contribution in [-0.2, 0) is 0 Å². The van der Waals surface area contributed by atoms with Gasteiger partial charge in [0.2, 0.25) is 0 Å². The Morgan fingerprint density at radius 3 is 2.43 bits per heavy atom. The summed E-state index contributed by atoms with van der Waals surface area (Å²) in [6.45, 7) is 5.56. The molecular formula is C14H15Cl2N3O2. The van der Waals surface area contributed by atoms with Gasteiger partial charge in [0.15, 0.2) is 5.76 Å². The van der Waals surface area contributed by atoms with Gasteiger partial charge in [0.25, 0.3) is 5.91 Å². The molecular weight excluding hydrogens is 313 g/mol. The number of carbonyl (C=O) groups is 1. The number of halogens is 2. The minimum Gasteiger partial charge on any atom is -0.396 e. The molecule has 0 unspecified atom stereocenters. The number of anilines is 2. The molecule has 21 heavy (non-hydrogen) atoms. The molecule has 112 valence electrons. The summed E-state index contributed by atoms with van der Waals surface area (Å²) in [6, 6.07) is 3.08. The molecule has 0 aliphatic carbocycles. The van der Waals surface area contributed by atoms with Gasteiger partial charge in [0, 0.05) is 11.6 Å². The lowest BCUT2D eigenvalue weighted by Gasteiger charge is -2.09. The van der Waals surface area contributed by atoms with Crippen LogP contribution < -0.4 is 11.1 Å². The lowest BCUT2D eigenvalue weighted by atomic mass is 10.0. The number of benzene rings is 1. The van der Waals surface area contributed by atoms with Crippen LogP contribution in [0.15, 0.2) is 16.7 Å². The van der Waals surface area contributed by atoms with Crippen molar-refractivity contribution in [3.63, 3.8) is 0 Å². The minimum atomic E-state index is -0.325. The molecule has 0 atom stereocenters. The molecule has 0 aliphatic heterocycles. The SMILES string of the molecule is Cc1noc(C(C)C)c1C(=O)Nc1cc(Cl)c(N)c(Cl)c1. The van der Waals surface area contributed by atoms with Gasteiger partial charge in [-0.1, -0.05) is 42.2 Å². The van der Waals surface area contributed by atoms with E-state index in [1.165, 1.54) is 0 Å². The average Bonchev–Trinajstić information content (AvgIpc) is 2.78. The second-order valence-corrected chi connectivity index (χ2v) is 5.78. The van der Waals surface area contributed by atoms with Gasteiger partial charge < -0.3 is 15.6 Å². The van der Waals surface area contributed by atoms with E-state index in [-0.39, 0.29) is 27.6 Å². The molecule has 2 rings (SSSR count). The van der Waals surface area contributed by atoms with Crippen molar-refractivity contribution in [3.05, 3.63) is 39.2 Å². The number of aromatic nitrogens is 1. The Morgan fingerprint density at radius 2 is 1.90 bits per heavy atom. The smallest absolute Gasteiger partial charge is 0.261 e. The Hall–Kier alpha value is -1.72. The molecule has 1 amide bonds. The number of nitrogens with one attached hydrogen (secondary N) is 1. The number of nitrogens with two attached hydrogens (primary N) is 1. The highest BCUT2D eigenvalue weighted by molar-refractivity contribution is 6.39. The highest BCUT2D eigenvalue weighted by Gasteiger charge is 2.22. The number of carbonyl (C=O) groups excluding carboxylic acids is 1. The Balaban J connectivity index is 2.33. The molecule has 7 heteroatoms. The van der Waals surface area contributed by atoms with Crippen LogP contribution >= 0.6 is 23.2 Å². The highest BCUT2D eigenvalue weighted by Crippen LogP contribution is 2.31. The van der Waals surface area contributed by atoms with Crippen LogP contribution in [0.3, 0.4) is 0 Å². The second kappa shape index (κ2) is 5.95. The van der Waals surface area contributed by atoms with Crippen LogP contribution in [0.1, 0.15) is 41.6 Å².